The molecule has 1 aromatic heterocycles. The molecule has 1 aliphatic carbocycles. The van der Waals surface area contributed by atoms with Crippen LogP contribution in [0.4, 0.5) is 0 Å². The highest BCUT2D eigenvalue weighted by atomic mass is 16.5. The quantitative estimate of drug-likeness (QED) is 0.915. The van der Waals surface area contributed by atoms with E-state index in [-0.39, 0.29) is 6.04 Å². The maximum absolute atomic E-state index is 6.03. The van der Waals surface area contributed by atoms with Gasteiger partial charge in [0.15, 0.2) is 0 Å². The molecule has 2 N–H and O–H groups in total. The molecule has 0 spiro atoms. The molecule has 1 heterocycles. The third-order valence-electron chi connectivity index (χ3n) is 3.75. The highest BCUT2D eigenvalue weighted by Crippen LogP contribution is 2.31. The zero-order valence-electron chi connectivity index (χ0n) is 11.2. The molecule has 0 saturated heterocycles. The topological polar surface area (TPSA) is 53.1 Å². The van der Waals surface area contributed by atoms with Crippen LogP contribution in [0, 0.1) is 0 Å². The van der Waals surface area contributed by atoms with Gasteiger partial charge in [0.1, 0.15) is 18.2 Å². The van der Waals surface area contributed by atoms with Crippen LogP contribution < -0.4 is 10.5 Å². The van der Waals surface area contributed by atoms with Crippen molar-refractivity contribution in [3.8, 4) is 5.75 Å². The van der Waals surface area contributed by atoms with Gasteiger partial charge in [-0.05, 0) is 43.0 Å². The van der Waals surface area contributed by atoms with Gasteiger partial charge in [0.25, 0.3) is 0 Å². The Bertz CT molecular complexity index is 577. The van der Waals surface area contributed by atoms with Crippen molar-refractivity contribution in [2.75, 3.05) is 0 Å². The molecule has 0 aliphatic heterocycles. The number of fused-ring (bicyclic) bond motifs is 1. The Balaban J connectivity index is 1.71. The highest BCUT2D eigenvalue weighted by Gasteiger charge is 2.19. The Morgan fingerprint density at radius 3 is 3.21 bits per heavy atom. The van der Waals surface area contributed by atoms with Crippen LogP contribution in [0.2, 0.25) is 0 Å². The summed E-state index contributed by atoms with van der Waals surface area (Å²) in [4.78, 5) is 4.30. The van der Waals surface area contributed by atoms with E-state index in [0.717, 1.165) is 31.0 Å². The van der Waals surface area contributed by atoms with Crippen molar-refractivity contribution in [3.63, 3.8) is 0 Å². The third-order valence-corrected chi connectivity index (χ3v) is 3.75. The lowest BCUT2D eigenvalue weighted by Gasteiger charge is -2.10. The van der Waals surface area contributed by atoms with Crippen LogP contribution in [-0.2, 0) is 19.6 Å². The van der Waals surface area contributed by atoms with Crippen molar-refractivity contribution in [2.24, 2.45) is 5.73 Å². The van der Waals surface area contributed by atoms with Gasteiger partial charge in [0.2, 0.25) is 0 Å². The van der Waals surface area contributed by atoms with Crippen LogP contribution in [0.3, 0.4) is 0 Å². The van der Waals surface area contributed by atoms with Gasteiger partial charge in [-0.2, -0.15) is 0 Å². The summed E-state index contributed by atoms with van der Waals surface area (Å²) >= 11 is 0. The van der Waals surface area contributed by atoms with Gasteiger partial charge in [-0.25, -0.2) is 4.98 Å². The molecule has 4 nitrogen and oxygen atoms in total. The maximum Gasteiger partial charge on any atom is 0.146 e. The van der Waals surface area contributed by atoms with Crippen LogP contribution in [0.15, 0.2) is 30.6 Å². The van der Waals surface area contributed by atoms with Crippen LogP contribution in [-0.4, -0.2) is 9.55 Å². The number of aryl methyl sites for hydroxylation is 2. The first-order valence-corrected chi connectivity index (χ1v) is 6.79. The van der Waals surface area contributed by atoms with Gasteiger partial charge < -0.3 is 15.0 Å². The van der Waals surface area contributed by atoms with Gasteiger partial charge in [-0.15, -0.1) is 0 Å². The largest absolute Gasteiger partial charge is 0.486 e. The summed E-state index contributed by atoms with van der Waals surface area (Å²) in [7, 11) is 0. The summed E-state index contributed by atoms with van der Waals surface area (Å²) in [5.74, 6) is 1.86. The first-order valence-electron chi connectivity index (χ1n) is 6.79. The van der Waals surface area contributed by atoms with Crippen molar-refractivity contribution in [1.29, 1.82) is 0 Å². The van der Waals surface area contributed by atoms with E-state index < -0.39 is 0 Å². The molecule has 2 aromatic rings. The fourth-order valence-corrected chi connectivity index (χ4v) is 2.63. The summed E-state index contributed by atoms with van der Waals surface area (Å²) in [6.07, 6.45) is 5.88. The van der Waals surface area contributed by atoms with E-state index in [4.69, 9.17) is 10.5 Å². The first-order chi connectivity index (χ1) is 9.28. The van der Waals surface area contributed by atoms with Crippen molar-refractivity contribution in [3.05, 3.63) is 47.5 Å². The molecule has 3 rings (SSSR count). The Morgan fingerprint density at radius 2 is 2.37 bits per heavy atom. The van der Waals surface area contributed by atoms with Gasteiger partial charge in [0, 0.05) is 25.0 Å². The lowest BCUT2D eigenvalue weighted by atomic mass is 10.1. The number of rotatable bonds is 4. The number of hydrogen-bond acceptors (Lipinski definition) is 3. The summed E-state index contributed by atoms with van der Waals surface area (Å²) in [6, 6.07) is 6.40. The standard InChI is InChI=1S/C15H19N3O/c1-2-18-8-7-17-15(18)10-19-12-4-5-13-11(9-12)3-6-14(13)16/h4-5,7-9,14H,2-3,6,10,16H2,1H3/t14-/m0/s1. The second-order valence-electron chi connectivity index (χ2n) is 4.92. The fraction of sp³-hybridized carbons (Fsp3) is 0.400. The zero-order chi connectivity index (χ0) is 13.2. The minimum absolute atomic E-state index is 0.197. The number of nitrogens with two attached hydrogens (primary N) is 1. The van der Waals surface area contributed by atoms with Gasteiger partial charge in [-0.1, -0.05) is 6.07 Å². The Kier molecular flexibility index (Phi) is 3.25. The maximum atomic E-state index is 6.03. The Labute approximate surface area is 113 Å². The number of benzene rings is 1. The molecule has 19 heavy (non-hydrogen) atoms. The molecule has 0 saturated carbocycles. The zero-order valence-corrected chi connectivity index (χ0v) is 11.2. The number of hydrogen-bond donors (Lipinski definition) is 1. The minimum atomic E-state index is 0.197. The van der Waals surface area contributed by atoms with Crippen molar-refractivity contribution in [1.82, 2.24) is 9.55 Å². The number of nitrogens with zero attached hydrogens (tertiary/aromatic N) is 2. The van der Waals surface area contributed by atoms with Crippen LogP contribution >= 0.6 is 0 Å². The lowest BCUT2D eigenvalue weighted by molar-refractivity contribution is 0.289. The molecule has 1 aliphatic rings. The molecule has 0 radical (unpaired) electrons. The average molecular weight is 257 g/mol. The van der Waals surface area contributed by atoms with Crippen LogP contribution in [0.5, 0.6) is 5.75 Å². The third kappa shape index (κ3) is 2.36. The van der Waals surface area contributed by atoms with Crippen molar-refractivity contribution >= 4 is 0 Å². The molecular weight excluding hydrogens is 238 g/mol. The van der Waals surface area contributed by atoms with E-state index in [0.29, 0.717) is 6.61 Å². The SMILES string of the molecule is CCn1ccnc1COc1ccc2c(c1)CC[C@@H]2N. The molecular formula is C15H19N3O. The number of ether oxygens (including phenoxy) is 1. The van der Waals surface area contributed by atoms with E-state index >= 15 is 0 Å². The predicted octanol–water partition coefficient (Wildman–Crippen LogP) is 2.43. The summed E-state index contributed by atoms with van der Waals surface area (Å²) in [5.41, 5.74) is 8.62. The van der Waals surface area contributed by atoms with Crippen LogP contribution in [0.1, 0.15) is 36.3 Å². The highest BCUT2D eigenvalue weighted by molar-refractivity contribution is 5.40. The first kappa shape index (κ1) is 12.2. The molecule has 0 fully saturated rings. The van der Waals surface area contributed by atoms with E-state index in [1.807, 2.05) is 18.5 Å². The van der Waals surface area contributed by atoms with Crippen molar-refractivity contribution < 1.29 is 4.74 Å². The van der Waals surface area contributed by atoms with Gasteiger partial charge in [0.05, 0.1) is 0 Å². The molecule has 4 heteroatoms. The van der Waals surface area contributed by atoms with E-state index in [1.54, 1.807) is 0 Å². The number of aromatic nitrogens is 2. The smallest absolute Gasteiger partial charge is 0.146 e. The second kappa shape index (κ2) is 5.05. The van der Waals surface area contributed by atoms with Gasteiger partial charge in [-0.3, -0.25) is 0 Å². The van der Waals surface area contributed by atoms with Crippen LogP contribution in [0.25, 0.3) is 0 Å². The molecule has 0 bridgehead atoms. The molecule has 0 amide bonds. The predicted molar refractivity (Wildman–Crippen MR) is 73.9 cm³/mol. The average Bonchev–Trinajstić information content (AvgIpc) is 3.03. The Morgan fingerprint density at radius 1 is 1.47 bits per heavy atom. The summed E-state index contributed by atoms with van der Waals surface area (Å²) in [6.45, 7) is 3.52. The number of imidazole rings is 1. The summed E-state index contributed by atoms with van der Waals surface area (Å²) < 4.78 is 7.92. The molecule has 1 atom stereocenters. The summed E-state index contributed by atoms with van der Waals surface area (Å²) in [5, 5.41) is 0. The minimum Gasteiger partial charge on any atom is -0.486 e. The van der Waals surface area contributed by atoms with Gasteiger partial charge >= 0.3 is 0 Å². The monoisotopic (exact) mass is 257 g/mol. The second-order valence-corrected chi connectivity index (χ2v) is 4.92. The van der Waals surface area contributed by atoms with E-state index in [1.165, 1.54) is 11.1 Å². The fourth-order valence-electron chi connectivity index (χ4n) is 2.63. The molecule has 0 unspecified atom stereocenters. The van der Waals surface area contributed by atoms with Crippen molar-refractivity contribution in [2.45, 2.75) is 39.0 Å². The lowest BCUT2D eigenvalue weighted by Crippen LogP contribution is -2.06. The van der Waals surface area contributed by atoms with E-state index in [2.05, 4.69) is 28.6 Å². The molecule has 1 aromatic carbocycles. The normalized spacial score (nSPS) is 17.5. The van der Waals surface area contributed by atoms with E-state index in [9.17, 15) is 0 Å². The Hall–Kier alpha value is -1.81. The molecule has 100 valence electrons.